The average molecular weight is 382 g/mol. The molecule has 1 unspecified atom stereocenters. The van der Waals surface area contributed by atoms with Crippen molar-refractivity contribution in [3.05, 3.63) is 29.8 Å². The fourth-order valence-corrected chi connectivity index (χ4v) is 3.63. The van der Waals surface area contributed by atoms with E-state index in [2.05, 4.69) is 10.6 Å². The normalized spacial score (nSPS) is 22.5. The van der Waals surface area contributed by atoms with E-state index in [1.807, 2.05) is 31.2 Å². The number of piperidine rings is 2. The van der Waals surface area contributed by atoms with Crippen LogP contribution < -0.4 is 15.5 Å². The number of carbonyl (C=O) groups excluding carboxylic acids is 2. The van der Waals surface area contributed by atoms with Gasteiger partial charge in [-0.2, -0.15) is 0 Å². The first-order chi connectivity index (χ1) is 12.1. The van der Waals surface area contributed by atoms with Crippen LogP contribution in [0.5, 0.6) is 0 Å². The molecule has 2 N–H and O–H groups in total. The van der Waals surface area contributed by atoms with Crippen LogP contribution in [0, 0.1) is 6.92 Å². The maximum atomic E-state index is 12.9. The summed E-state index contributed by atoms with van der Waals surface area (Å²) in [4.78, 5) is 27.5. The standard InChI is InChI=1S/C19H27N3O3.ClH/c1-14-5-7-15(8-6-14)22-13-3-4-16(17(22)23)21-18(24)19(25-2)9-11-20-12-10-19;/h5-8,16,20H,3-4,9-13H2,1-2H3,(H,21,24);1H. The van der Waals surface area contributed by atoms with Crippen LogP contribution in [0.2, 0.25) is 0 Å². The number of halogens is 1. The summed E-state index contributed by atoms with van der Waals surface area (Å²) in [6, 6.07) is 7.44. The van der Waals surface area contributed by atoms with Gasteiger partial charge in [-0.05, 0) is 57.8 Å². The number of hydrogen-bond acceptors (Lipinski definition) is 4. The van der Waals surface area contributed by atoms with Gasteiger partial charge < -0.3 is 20.3 Å². The van der Waals surface area contributed by atoms with E-state index in [9.17, 15) is 9.59 Å². The molecule has 7 heteroatoms. The van der Waals surface area contributed by atoms with Crippen molar-refractivity contribution < 1.29 is 14.3 Å². The highest BCUT2D eigenvalue weighted by molar-refractivity contribution is 6.00. The van der Waals surface area contributed by atoms with E-state index in [0.717, 1.165) is 30.8 Å². The summed E-state index contributed by atoms with van der Waals surface area (Å²) < 4.78 is 5.57. The van der Waals surface area contributed by atoms with Gasteiger partial charge in [0, 0.05) is 19.3 Å². The lowest BCUT2D eigenvalue weighted by atomic mass is 9.90. The second-order valence-electron chi connectivity index (χ2n) is 6.94. The molecule has 0 spiro atoms. The number of methoxy groups -OCH3 is 1. The first kappa shape index (κ1) is 20.7. The first-order valence-electron chi connectivity index (χ1n) is 9.01. The zero-order chi connectivity index (χ0) is 17.9. The molecule has 26 heavy (non-hydrogen) atoms. The Kier molecular flexibility index (Phi) is 7.03. The van der Waals surface area contributed by atoms with Gasteiger partial charge >= 0.3 is 0 Å². The lowest BCUT2D eigenvalue weighted by molar-refractivity contribution is -0.149. The van der Waals surface area contributed by atoms with Gasteiger partial charge in [-0.3, -0.25) is 9.59 Å². The predicted molar refractivity (Wildman–Crippen MR) is 104 cm³/mol. The van der Waals surface area contributed by atoms with E-state index in [0.29, 0.717) is 25.8 Å². The highest BCUT2D eigenvalue weighted by Gasteiger charge is 2.42. The molecule has 2 aliphatic rings. The van der Waals surface area contributed by atoms with Gasteiger partial charge in [-0.25, -0.2) is 0 Å². The number of carbonyl (C=O) groups is 2. The molecule has 6 nitrogen and oxygen atoms in total. The number of hydrogen-bond donors (Lipinski definition) is 2. The molecule has 3 rings (SSSR count). The van der Waals surface area contributed by atoms with Gasteiger partial charge in [0.15, 0.2) is 0 Å². The van der Waals surface area contributed by atoms with E-state index in [1.165, 1.54) is 0 Å². The van der Waals surface area contributed by atoms with Crippen LogP contribution in [0.4, 0.5) is 5.69 Å². The van der Waals surface area contributed by atoms with E-state index >= 15 is 0 Å². The molecule has 0 bridgehead atoms. The quantitative estimate of drug-likeness (QED) is 0.834. The number of amides is 2. The Hall–Kier alpha value is -1.63. The third kappa shape index (κ3) is 4.19. The van der Waals surface area contributed by atoms with Crippen molar-refractivity contribution in [3.63, 3.8) is 0 Å². The molecule has 2 amide bonds. The maximum absolute atomic E-state index is 12.9. The molecule has 0 saturated carbocycles. The van der Waals surface area contributed by atoms with Gasteiger partial charge in [0.1, 0.15) is 11.6 Å². The Labute approximate surface area is 161 Å². The number of benzene rings is 1. The molecule has 144 valence electrons. The molecular formula is C19H28ClN3O3. The van der Waals surface area contributed by atoms with E-state index < -0.39 is 11.6 Å². The van der Waals surface area contributed by atoms with Crippen LogP contribution in [0.1, 0.15) is 31.2 Å². The third-order valence-electron chi connectivity index (χ3n) is 5.31. The Morgan fingerprint density at radius 3 is 2.54 bits per heavy atom. The second-order valence-corrected chi connectivity index (χ2v) is 6.94. The molecule has 1 atom stereocenters. The minimum absolute atomic E-state index is 0. The Balaban J connectivity index is 0.00000243. The van der Waals surface area contributed by atoms with Gasteiger partial charge in [-0.15, -0.1) is 12.4 Å². The minimum atomic E-state index is -0.822. The number of nitrogens with one attached hydrogen (secondary N) is 2. The molecule has 1 aromatic carbocycles. The second kappa shape index (κ2) is 8.84. The van der Waals surface area contributed by atoms with E-state index in [4.69, 9.17) is 4.74 Å². The molecule has 0 aromatic heterocycles. The highest BCUT2D eigenvalue weighted by atomic mass is 35.5. The average Bonchev–Trinajstić information content (AvgIpc) is 2.65. The fraction of sp³-hybridized carbons (Fsp3) is 0.579. The van der Waals surface area contributed by atoms with Gasteiger partial charge in [0.2, 0.25) is 5.91 Å². The van der Waals surface area contributed by atoms with Gasteiger partial charge in [0.05, 0.1) is 0 Å². The van der Waals surface area contributed by atoms with Crippen LogP contribution in [0.25, 0.3) is 0 Å². The predicted octanol–water partition coefficient (Wildman–Crippen LogP) is 1.80. The number of aryl methyl sites for hydroxylation is 1. The molecule has 0 radical (unpaired) electrons. The van der Waals surface area contributed by atoms with Crippen LogP contribution >= 0.6 is 12.4 Å². The number of anilines is 1. The van der Waals surface area contributed by atoms with E-state index in [-0.39, 0.29) is 24.2 Å². The molecule has 1 aromatic rings. The number of nitrogens with zero attached hydrogens (tertiary/aromatic N) is 1. The van der Waals surface area contributed by atoms with Crippen LogP contribution in [0.15, 0.2) is 24.3 Å². The van der Waals surface area contributed by atoms with Crippen molar-refractivity contribution in [3.8, 4) is 0 Å². The largest absolute Gasteiger partial charge is 0.368 e. The lowest BCUT2D eigenvalue weighted by Gasteiger charge is -2.38. The highest BCUT2D eigenvalue weighted by Crippen LogP contribution is 2.25. The lowest BCUT2D eigenvalue weighted by Crippen LogP contribution is -2.60. The molecule has 0 aliphatic carbocycles. The Bertz CT molecular complexity index is 629. The van der Waals surface area contributed by atoms with Crippen molar-refractivity contribution in [2.45, 2.75) is 44.2 Å². The summed E-state index contributed by atoms with van der Waals surface area (Å²) in [6.45, 7) is 4.20. The summed E-state index contributed by atoms with van der Waals surface area (Å²) in [6.07, 6.45) is 2.78. The topological polar surface area (TPSA) is 70.7 Å². The molecular weight excluding hydrogens is 354 g/mol. The summed E-state index contributed by atoms with van der Waals surface area (Å²) in [5.41, 5.74) is 1.22. The van der Waals surface area contributed by atoms with Crippen LogP contribution in [0.3, 0.4) is 0 Å². The number of ether oxygens (including phenoxy) is 1. The summed E-state index contributed by atoms with van der Waals surface area (Å²) in [5.74, 6) is -0.204. The molecule has 2 aliphatic heterocycles. The van der Waals surface area contributed by atoms with Crippen molar-refractivity contribution in [1.82, 2.24) is 10.6 Å². The summed E-state index contributed by atoms with van der Waals surface area (Å²) >= 11 is 0. The minimum Gasteiger partial charge on any atom is -0.368 e. The monoisotopic (exact) mass is 381 g/mol. The van der Waals surface area contributed by atoms with Gasteiger partial charge in [0.25, 0.3) is 5.91 Å². The summed E-state index contributed by atoms with van der Waals surface area (Å²) in [7, 11) is 1.58. The first-order valence-corrected chi connectivity index (χ1v) is 9.01. The maximum Gasteiger partial charge on any atom is 0.252 e. The molecule has 2 fully saturated rings. The number of rotatable bonds is 4. The zero-order valence-electron chi connectivity index (χ0n) is 15.4. The van der Waals surface area contributed by atoms with Crippen molar-refractivity contribution in [1.29, 1.82) is 0 Å². The molecule has 2 heterocycles. The van der Waals surface area contributed by atoms with Crippen molar-refractivity contribution in [2.75, 3.05) is 31.6 Å². The Morgan fingerprint density at radius 2 is 1.92 bits per heavy atom. The summed E-state index contributed by atoms with van der Waals surface area (Å²) in [5, 5.41) is 6.20. The van der Waals surface area contributed by atoms with E-state index in [1.54, 1.807) is 12.0 Å². The van der Waals surface area contributed by atoms with Crippen LogP contribution in [-0.4, -0.2) is 50.2 Å². The smallest absolute Gasteiger partial charge is 0.252 e. The van der Waals surface area contributed by atoms with Crippen molar-refractivity contribution >= 4 is 29.9 Å². The van der Waals surface area contributed by atoms with Crippen molar-refractivity contribution in [2.24, 2.45) is 0 Å². The fourth-order valence-electron chi connectivity index (χ4n) is 3.63. The SMILES string of the molecule is COC1(C(=O)NC2CCCN(c3ccc(C)cc3)C2=O)CCNCC1.Cl. The van der Waals surface area contributed by atoms with Gasteiger partial charge in [-0.1, -0.05) is 17.7 Å². The third-order valence-corrected chi connectivity index (χ3v) is 5.31. The molecule has 2 saturated heterocycles. The Morgan fingerprint density at radius 1 is 1.27 bits per heavy atom. The van der Waals surface area contributed by atoms with Crippen LogP contribution in [-0.2, 0) is 14.3 Å². The zero-order valence-corrected chi connectivity index (χ0v) is 16.2.